The highest BCUT2D eigenvalue weighted by Gasteiger charge is 2.17. The standard InChI is InChI=1S/C12H24N6O/c1-3-4-6-18-12(14-15-16-18)10-17(2)9-11-8-13-5-7-19-11/h11,13H,3-10H2,1-2H3. The van der Waals surface area contributed by atoms with Crippen molar-refractivity contribution in [2.45, 2.75) is 39.0 Å². The quantitative estimate of drug-likeness (QED) is 0.744. The SMILES string of the molecule is CCCCn1nnnc1CN(C)CC1CNCCO1. The molecule has 1 unspecified atom stereocenters. The molecule has 1 atom stereocenters. The number of unbranched alkanes of at least 4 members (excludes halogenated alkanes) is 1. The summed E-state index contributed by atoms with van der Waals surface area (Å²) in [5.41, 5.74) is 0. The number of tetrazole rings is 1. The normalized spacial score (nSPS) is 20.1. The molecule has 1 aliphatic heterocycles. The van der Waals surface area contributed by atoms with Gasteiger partial charge in [0.05, 0.1) is 19.3 Å². The number of hydrogen-bond acceptors (Lipinski definition) is 6. The summed E-state index contributed by atoms with van der Waals surface area (Å²) in [6.07, 6.45) is 2.52. The van der Waals surface area contributed by atoms with Gasteiger partial charge >= 0.3 is 0 Å². The Kier molecular flexibility index (Phi) is 5.68. The fourth-order valence-corrected chi connectivity index (χ4v) is 2.21. The average Bonchev–Trinajstić information content (AvgIpc) is 2.84. The van der Waals surface area contributed by atoms with Crippen molar-refractivity contribution in [2.24, 2.45) is 0 Å². The fourth-order valence-electron chi connectivity index (χ4n) is 2.21. The van der Waals surface area contributed by atoms with E-state index in [-0.39, 0.29) is 6.10 Å². The van der Waals surface area contributed by atoms with Crippen molar-refractivity contribution >= 4 is 0 Å². The first-order valence-electron chi connectivity index (χ1n) is 7.05. The summed E-state index contributed by atoms with van der Waals surface area (Å²) in [7, 11) is 2.08. The van der Waals surface area contributed by atoms with Crippen LogP contribution < -0.4 is 5.32 Å². The van der Waals surface area contributed by atoms with Crippen LogP contribution in [0.25, 0.3) is 0 Å². The third-order valence-corrected chi connectivity index (χ3v) is 3.26. The van der Waals surface area contributed by atoms with Crippen LogP contribution in [-0.2, 0) is 17.8 Å². The smallest absolute Gasteiger partial charge is 0.165 e. The molecule has 1 N–H and O–H groups in total. The molecular weight excluding hydrogens is 244 g/mol. The zero-order chi connectivity index (χ0) is 13.5. The summed E-state index contributed by atoms with van der Waals surface area (Å²) in [5.74, 6) is 0.930. The van der Waals surface area contributed by atoms with E-state index in [1.165, 1.54) is 0 Å². The average molecular weight is 268 g/mol. The van der Waals surface area contributed by atoms with Gasteiger partial charge in [-0.2, -0.15) is 0 Å². The molecule has 7 nitrogen and oxygen atoms in total. The first-order chi connectivity index (χ1) is 9.29. The molecule has 0 radical (unpaired) electrons. The molecule has 0 aromatic carbocycles. The van der Waals surface area contributed by atoms with Crippen LogP contribution in [0.5, 0.6) is 0 Å². The minimum absolute atomic E-state index is 0.263. The maximum absolute atomic E-state index is 5.70. The molecule has 1 aromatic rings. The number of nitrogens with one attached hydrogen (secondary N) is 1. The fraction of sp³-hybridized carbons (Fsp3) is 0.917. The zero-order valence-electron chi connectivity index (χ0n) is 11.9. The molecule has 0 bridgehead atoms. The topological polar surface area (TPSA) is 68.1 Å². The summed E-state index contributed by atoms with van der Waals surface area (Å²) in [6.45, 7) is 7.40. The molecule has 2 rings (SSSR count). The van der Waals surface area contributed by atoms with E-state index in [0.717, 1.165) is 58.0 Å². The summed E-state index contributed by atoms with van der Waals surface area (Å²) in [6, 6.07) is 0. The Bertz CT molecular complexity index is 363. The first-order valence-corrected chi connectivity index (χ1v) is 7.05. The highest BCUT2D eigenvalue weighted by Crippen LogP contribution is 2.04. The van der Waals surface area contributed by atoms with Gasteiger partial charge in [-0.25, -0.2) is 4.68 Å². The zero-order valence-corrected chi connectivity index (χ0v) is 11.9. The molecule has 1 aromatic heterocycles. The molecule has 108 valence electrons. The van der Waals surface area contributed by atoms with Gasteiger partial charge in [-0.1, -0.05) is 13.3 Å². The Morgan fingerprint density at radius 3 is 3.16 bits per heavy atom. The van der Waals surface area contributed by atoms with Crippen molar-refractivity contribution in [1.82, 2.24) is 30.4 Å². The number of likely N-dealkylation sites (N-methyl/N-ethyl adjacent to an activating group) is 1. The molecule has 1 saturated heterocycles. The Labute approximate surface area is 114 Å². The van der Waals surface area contributed by atoms with Gasteiger partial charge in [0, 0.05) is 26.2 Å². The summed E-state index contributed by atoms with van der Waals surface area (Å²) < 4.78 is 7.60. The van der Waals surface area contributed by atoms with Crippen molar-refractivity contribution in [3.05, 3.63) is 5.82 Å². The van der Waals surface area contributed by atoms with E-state index in [9.17, 15) is 0 Å². The van der Waals surface area contributed by atoms with Crippen LogP contribution in [0.15, 0.2) is 0 Å². The minimum Gasteiger partial charge on any atom is -0.374 e. The third kappa shape index (κ3) is 4.52. The second kappa shape index (κ2) is 7.52. The Morgan fingerprint density at radius 2 is 2.42 bits per heavy atom. The maximum atomic E-state index is 5.70. The van der Waals surface area contributed by atoms with Crippen LogP contribution in [0.3, 0.4) is 0 Å². The van der Waals surface area contributed by atoms with E-state index < -0.39 is 0 Å². The van der Waals surface area contributed by atoms with Gasteiger partial charge in [-0.05, 0) is 23.9 Å². The molecule has 7 heteroatoms. The first kappa shape index (κ1) is 14.4. The van der Waals surface area contributed by atoms with Crippen molar-refractivity contribution in [3.8, 4) is 0 Å². The number of aryl methyl sites for hydroxylation is 1. The van der Waals surface area contributed by atoms with Gasteiger partial charge in [0.15, 0.2) is 5.82 Å². The van der Waals surface area contributed by atoms with Gasteiger partial charge in [0.25, 0.3) is 0 Å². The van der Waals surface area contributed by atoms with E-state index in [4.69, 9.17) is 4.74 Å². The molecule has 0 amide bonds. The Balaban J connectivity index is 1.80. The van der Waals surface area contributed by atoms with E-state index in [0.29, 0.717) is 0 Å². The van der Waals surface area contributed by atoms with Crippen molar-refractivity contribution < 1.29 is 4.74 Å². The number of nitrogens with zero attached hydrogens (tertiary/aromatic N) is 5. The molecular formula is C12H24N6O. The van der Waals surface area contributed by atoms with Crippen LogP contribution in [-0.4, -0.2) is 64.5 Å². The predicted octanol–water partition coefficient (Wildman–Crippen LogP) is -0.107. The molecule has 2 heterocycles. The van der Waals surface area contributed by atoms with Crippen molar-refractivity contribution in [2.75, 3.05) is 33.3 Å². The summed E-state index contributed by atoms with van der Waals surface area (Å²) in [5, 5.41) is 15.3. The number of morpholine rings is 1. The van der Waals surface area contributed by atoms with Crippen LogP contribution in [0.2, 0.25) is 0 Å². The molecule has 0 spiro atoms. The lowest BCUT2D eigenvalue weighted by molar-refractivity contribution is 0.00829. The highest BCUT2D eigenvalue weighted by molar-refractivity contribution is 4.81. The Hall–Kier alpha value is -1.05. The van der Waals surface area contributed by atoms with Crippen LogP contribution in [0.4, 0.5) is 0 Å². The van der Waals surface area contributed by atoms with Gasteiger partial charge in [-0.15, -0.1) is 5.10 Å². The summed E-state index contributed by atoms with van der Waals surface area (Å²) >= 11 is 0. The minimum atomic E-state index is 0.263. The second-order valence-electron chi connectivity index (χ2n) is 5.07. The lowest BCUT2D eigenvalue weighted by Gasteiger charge is -2.27. The molecule has 0 aliphatic carbocycles. The molecule has 19 heavy (non-hydrogen) atoms. The molecule has 1 aliphatic rings. The van der Waals surface area contributed by atoms with E-state index in [2.05, 4.69) is 39.7 Å². The third-order valence-electron chi connectivity index (χ3n) is 3.26. The monoisotopic (exact) mass is 268 g/mol. The van der Waals surface area contributed by atoms with Gasteiger partial charge in [-0.3, -0.25) is 4.90 Å². The van der Waals surface area contributed by atoms with Crippen LogP contribution >= 0.6 is 0 Å². The van der Waals surface area contributed by atoms with Gasteiger partial charge in [0.1, 0.15) is 0 Å². The largest absolute Gasteiger partial charge is 0.374 e. The van der Waals surface area contributed by atoms with E-state index >= 15 is 0 Å². The van der Waals surface area contributed by atoms with Crippen molar-refractivity contribution in [3.63, 3.8) is 0 Å². The van der Waals surface area contributed by atoms with Crippen LogP contribution in [0.1, 0.15) is 25.6 Å². The lowest BCUT2D eigenvalue weighted by atomic mass is 10.3. The predicted molar refractivity (Wildman–Crippen MR) is 71.7 cm³/mol. The van der Waals surface area contributed by atoms with E-state index in [1.807, 2.05) is 4.68 Å². The lowest BCUT2D eigenvalue weighted by Crippen LogP contribution is -2.44. The Morgan fingerprint density at radius 1 is 1.53 bits per heavy atom. The number of rotatable bonds is 7. The second-order valence-corrected chi connectivity index (χ2v) is 5.07. The number of aromatic nitrogens is 4. The van der Waals surface area contributed by atoms with Crippen LogP contribution in [0, 0.1) is 0 Å². The highest BCUT2D eigenvalue weighted by atomic mass is 16.5. The maximum Gasteiger partial charge on any atom is 0.165 e. The molecule has 0 saturated carbocycles. The van der Waals surface area contributed by atoms with Crippen molar-refractivity contribution in [1.29, 1.82) is 0 Å². The number of ether oxygens (including phenoxy) is 1. The molecule has 1 fully saturated rings. The van der Waals surface area contributed by atoms with E-state index in [1.54, 1.807) is 0 Å². The number of hydrogen-bond donors (Lipinski definition) is 1. The summed E-state index contributed by atoms with van der Waals surface area (Å²) in [4.78, 5) is 2.21. The van der Waals surface area contributed by atoms with Gasteiger partial charge in [0.2, 0.25) is 0 Å². The van der Waals surface area contributed by atoms with Gasteiger partial charge < -0.3 is 10.1 Å².